The molecule has 0 bridgehead atoms. The molecule has 2 aromatic heterocycles. The van der Waals surface area contributed by atoms with E-state index >= 15 is 0 Å². The van der Waals surface area contributed by atoms with Gasteiger partial charge in [0.25, 0.3) is 5.91 Å². The van der Waals surface area contributed by atoms with Crippen LogP contribution in [0.4, 0.5) is 5.69 Å². The van der Waals surface area contributed by atoms with Crippen molar-refractivity contribution in [1.29, 1.82) is 0 Å². The Morgan fingerprint density at radius 3 is 2.68 bits per heavy atom. The van der Waals surface area contributed by atoms with Gasteiger partial charge in [0.2, 0.25) is 5.88 Å². The molecule has 0 saturated heterocycles. The number of halogens is 2. The fourth-order valence-corrected chi connectivity index (χ4v) is 2.48. The van der Waals surface area contributed by atoms with Gasteiger partial charge in [-0.2, -0.15) is 0 Å². The topological polar surface area (TPSA) is 90.7 Å². The van der Waals surface area contributed by atoms with Crippen molar-refractivity contribution in [2.75, 3.05) is 0 Å². The van der Waals surface area contributed by atoms with Crippen molar-refractivity contribution in [2.45, 2.75) is 0 Å². The highest BCUT2D eigenvalue weighted by atomic mass is 35.5. The van der Waals surface area contributed by atoms with Crippen molar-refractivity contribution in [3.05, 3.63) is 52.3 Å². The number of aromatic hydroxyl groups is 1. The lowest BCUT2D eigenvalue weighted by atomic mass is 10.2. The third kappa shape index (κ3) is 2.66. The molecule has 3 aromatic rings. The van der Waals surface area contributed by atoms with Crippen molar-refractivity contribution >= 4 is 45.7 Å². The second-order valence-corrected chi connectivity index (χ2v) is 5.22. The number of rotatable bonds is 2. The van der Waals surface area contributed by atoms with Gasteiger partial charge in [-0.3, -0.25) is 9.78 Å². The molecule has 8 heteroatoms. The first-order chi connectivity index (χ1) is 10.6. The molecule has 0 aliphatic heterocycles. The number of aromatic nitrogens is 2. The van der Waals surface area contributed by atoms with Gasteiger partial charge in [0.15, 0.2) is 5.69 Å². The molecule has 2 N–H and O–H groups in total. The lowest BCUT2D eigenvalue weighted by molar-refractivity contribution is 0.0995. The molecule has 22 heavy (non-hydrogen) atoms. The minimum Gasteiger partial charge on any atom is -0.493 e. The molecule has 0 radical (unpaired) electrons. The number of amides is 1. The second-order valence-electron chi connectivity index (χ2n) is 4.37. The summed E-state index contributed by atoms with van der Waals surface area (Å²) >= 11 is 12.0. The maximum atomic E-state index is 11.9. The van der Waals surface area contributed by atoms with Crippen molar-refractivity contribution < 1.29 is 9.90 Å². The van der Waals surface area contributed by atoms with Crippen LogP contribution >= 0.6 is 23.2 Å². The normalized spacial score (nSPS) is 11.4. The number of aromatic amines is 1. The van der Waals surface area contributed by atoms with Crippen LogP contribution in [-0.4, -0.2) is 21.0 Å². The molecule has 110 valence electrons. The van der Waals surface area contributed by atoms with Crippen LogP contribution in [0.25, 0.3) is 10.9 Å². The Labute approximate surface area is 134 Å². The number of azo groups is 1. The molecule has 2 heterocycles. The van der Waals surface area contributed by atoms with Gasteiger partial charge >= 0.3 is 0 Å². The van der Waals surface area contributed by atoms with Crippen LogP contribution < -0.4 is 0 Å². The van der Waals surface area contributed by atoms with E-state index in [1.807, 2.05) is 0 Å². The van der Waals surface area contributed by atoms with Crippen molar-refractivity contribution in [3.63, 3.8) is 0 Å². The first kappa shape index (κ1) is 14.5. The van der Waals surface area contributed by atoms with Crippen molar-refractivity contribution in [3.8, 4) is 5.88 Å². The number of carbonyl (C=O) groups is 1. The molecule has 0 unspecified atom stereocenters. The zero-order valence-corrected chi connectivity index (χ0v) is 12.4. The highest BCUT2D eigenvalue weighted by Crippen LogP contribution is 2.40. The van der Waals surface area contributed by atoms with E-state index < -0.39 is 5.91 Å². The molecule has 0 aliphatic rings. The van der Waals surface area contributed by atoms with Gasteiger partial charge in [0.1, 0.15) is 0 Å². The predicted molar refractivity (Wildman–Crippen MR) is 83.1 cm³/mol. The zero-order valence-electron chi connectivity index (χ0n) is 10.9. The molecule has 0 atom stereocenters. The second kappa shape index (κ2) is 5.75. The van der Waals surface area contributed by atoms with E-state index in [-0.39, 0.29) is 11.6 Å². The molecule has 0 saturated carbocycles. The highest BCUT2D eigenvalue weighted by Gasteiger charge is 2.14. The summed E-state index contributed by atoms with van der Waals surface area (Å²) in [5, 5.41) is 18.5. The standard InChI is InChI=1S/C14H8Cl2N4O2/c15-8-5-9-11(10(16)6-8)18-14(22)12(9)19-20-13(21)7-1-3-17-4-2-7/h1-6,18,22H. The Morgan fingerprint density at radius 2 is 1.95 bits per heavy atom. The quantitative estimate of drug-likeness (QED) is 0.676. The van der Waals surface area contributed by atoms with Gasteiger partial charge in [-0.1, -0.05) is 23.2 Å². The van der Waals surface area contributed by atoms with Crippen LogP contribution in [0, 0.1) is 0 Å². The maximum absolute atomic E-state index is 11.9. The fourth-order valence-electron chi connectivity index (χ4n) is 1.94. The van der Waals surface area contributed by atoms with Crippen molar-refractivity contribution in [2.24, 2.45) is 10.2 Å². The number of carbonyl (C=O) groups excluding carboxylic acids is 1. The molecule has 6 nitrogen and oxygen atoms in total. The van der Waals surface area contributed by atoms with Gasteiger partial charge in [-0.05, 0) is 24.3 Å². The number of H-pyrrole nitrogens is 1. The summed E-state index contributed by atoms with van der Waals surface area (Å²) in [5.41, 5.74) is 0.907. The van der Waals surface area contributed by atoms with Crippen LogP contribution in [0.2, 0.25) is 10.0 Å². The highest BCUT2D eigenvalue weighted by molar-refractivity contribution is 6.38. The zero-order chi connectivity index (χ0) is 15.7. The molecule has 1 amide bonds. The third-order valence-corrected chi connectivity index (χ3v) is 3.46. The van der Waals surface area contributed by atoms with Crippen LogP contribution in [0.15, 0.2) is 46.9 Å². The van der Waals surface area contributed by atoms with Crippen LogP contribution in [0.5, 0.6) is 5.88 Å². The first-order valence-electron chi connectivity index (χ1n) is 6.12. The van der Waals surface area contributed by atoms with E-state index in [9.17, 15) is 9.90 Å². The number of fused-ring (bicyclic) bond motifs is 1. The molecular weight excluding hydrogens is 327 g/mol. The van der Waals surface area contributed by atoms with E-state index in [2.05, 4.69) is 20.2 Å². The summed E-state index contributed by atoms with van der Waals surface area (Å²) in [6, 6.07) is 6.14. The van der Waals surface area contributed by atoms with Crippen LogP contribution in [0.1, 0.15) is 10.4 Å². The maximum Gasteiger partial charge on any atom is 0.295 e. The number of pyridine rings is 1. The third-order valence-electron chi connectivity index (χ3n) is 2.95. The Hall–Kier alpha value is -2.44. The summed E-state index contributed by atoms with van der Waals surface area (Å²) < 4.78 is 0. The SMILES string of the molecule is O=C(N=Nc1c(O)[nH]c2c(Cl)cc(Cl)cc12)c1ccncc1. The molecule has 0 spiro atoms. The number of nitrogens with one attached hydrogen (secondary N) is 1. The van der Waals surface area contributed by atoms with E-state index in [4.69, 9.17) is 23.2 Å². The minimum atomic E-state index is -0.552. The Kier molecular flexibility index (Phi) is 3.79. The smallest absolute Gasteiger partial charge is 0.295 e. The summed E-state index contributed by atoms with van der Waals surface area (Å²) in [4.78, 5) is 18.4. The monoisotopic (exact) mass is 334 g/mol. The lowest BCUT2D eigenvalue weighted by Gasteiger charge is -1.96. The van der Waals surface area contributed by atoms with Crippen molar-refractivity contribution in [1.82, 2.24) is 9.97 Å². The van der Waals surface area contributed by atoms with E-state index in [1.54, 1.807) is 6.07 Å². The lowest BCUT2D eigenvalue weighted by Crippen LogP contribution is -1.92. The predicted octanol–water partition coefficient (Wildman–Crippen LogP) is 4.50. The average Bonchev–Trinajstić information content (AvgIpc) is 2.82. The van der Waals surface area contributed by atoms with Crippen LogP contribution in [0.3, 0.4) is 0 Å². The van der Waals surface area contributed by atoms with Gasteiger partial charge < -0.3 is 10.1 Å². The first-order valence-corrected chi connectivity index (χ1v) is 6.87. The number of nitrogens with zero attached hydrogens (tertiary/aromatic N) is 3. The summed E-state index contributed by atoms with van der Waals surface area (Å²) in [7, 11) is 0. The molecule has 1 aromatic carbocycles. The van der Waals surface area contributed by atoms with Crippen LogP contribution in [-0.2, 0) is 0 Å². The van der Waals surface area contributed by atoms with E-state index in [0.29, 0.717) is 26.5 Å². The Balaban J connectivity index is 2.02. The van der Waals surface area contributed by atoms with E-state index in [1.165, 1.54) is 30.6 Å². The molecular formula is C14H8Cl2N4O2. The van der Waals surface area contributed by atoms with Gasteiger partial charge in [-0.15, -0.1) is 10.2 Å². The summed E-state index contributed by atoms with van der Waals surface area (Å²) in [6.45, 7) is 0. The average molecular weight is 335 g/mol. The minimum absolute atomic E-state index is 0.0989. The van der Waals surface area contributed by atoms with Gasteiger partial charge in [0, 0.05) is 28.4 Å². The summed E-state index contributed by atoms with van der Waals surface area (Å²) in [5.74, 6) is -0.797. The number of hydrogen-bond donors (Lipinski definition) is 2. The molecule has 3 rings (SSSR count). The number of benzene rings is 1. The van der Waals surface area contributed by atoms with Gasteiger partial charge in [-0.25, -0.2) is 0 Å². The molecule has 0 fully saturated rings. The van der Waals surface area contributed by atoms with E-state index in [0.717, 1.165) is 0 Å². The number of hydrogen-bond acceptors (Lipinski definition) is 4. The summed E-state index contributed by atoms with van der Waals surface area (Å²) in [6.07, 6.45) is 2.96. The Bertz CT molecular complexity index is 891. The Morgan fingerprint density at radius 1 is 1.23 bits per heavy atom. The van der Waals surface area contributed by atoms with Gasteiger partial charge in [0.05, 0.1) is 10.5 Å². The largest absolute Gasteiger partial charge is 0.493 e. The fraction of sp³-hybridized carbons (Fsp3) is 0. The molecule has 0 aliphatic carbocycles.